The number of aromatic amines is 1. The van der Waals surface area contributed by atoms with Crippen LogP contribution in [0.4, 0.5) is 11.6 Å². The van der Waals surface area contributed by atoms with Gasteiger partial charge in [-0.2, -0.15) is 0 Å². The highest BCUT2D eigenvalue weighted by atomic mass is 16.5. The number of hydrogen-bond donors (Lipinski definition) is 2. The number of H-pyrrole nitrogens is 1. The first-order valence-electron chi connectivity index (χ1n) is 10.8. The fourth-order valence-corrected chi connectivity index (χ4v) is 4.39. The number of nitrogens with zero attached hydrogens (tertiary/aromatic N) is 5. The van der Waals surface area contributed by atoms with Crippen LogP contribution in [0.5, 0.6) is 5.75 Å². The Labute approximate surface area is 180 Å². The molecule has 2 bridgehead atoms. The van der Waals surface area contributed by atoms with E-state index in [0.29, 0.717) is 29.6 Å². The van der Waals surface area contributed by atoms with Crippen molar-refractivity contribution < 1.29 is 9.47 Å². The van der Waals surface area contributed by atoms with Gasteiger partial charge in [-0.05, 0) is 32.3 Å². The van der Waals surface area contributed by atoms with Crippen LogP contribution in [0.25, 0.3) is 11.3 Å². The van der Waals surface area contributed by atoms with Gasteiger partial charge in [-0.25, -0.2) is 19.9 Å². The summed E-state index contributed by atoms with van der Waals surface area (Å²) < 4.78 is 11.8. The van der Waals surface area contributed by atoms with E-state index < -0.39 is 0 Å². The average Bonchev–Trinajstić information content (AvgIpc) is 3.17. The fraction of sp³-hybridized carbons (Fsp3) is 0.455. The summed E-state index contributed by atoms with van der Waals surface area (Å²) in [5, 5.41) is 0. The number of hydrogen-bond acceptors (Lipinski definition) is 8. The van der Waals surface area contributed by atoms with Gasteiger partial charge in [-0.15, -0.1) is 0 Å². The van der Waals surface area contributed by atoms with E-state index in [9.17, 15) is 0 Å². The maximum absolute atomic E-state index is 6.11. The molecule has 3 aliphatic rings. The molecule has 31 heavy (non-hydrogen) atoms. The lowest BCUT2D eigenvalue weighted by Gasteiger charge is -2.28. The van der Waals surface area contributed by atoms with Gasteiger partial charge in [0.25, 0.3) is 0 Å². The molecule has 1 saturated carbocycles. The average molecular weight is 419 g/mol. The molecule has 0 radical (unpaired) electrons. The number of pyridine rings is 1. The number of nitrogens with one attached hydrogen (secondary N) is 1. The molecule has 2 aliphatic heterocycles. The number of fused-ring (bicyclic) bond motifs is 2. The van der Waals surface area contributed by atoms with Crippen LogP contribution >= 0.6 is 0 Å². The van der Waals surface area contributed by atoms with Gasteiger partial charge in [0.1, 0.15) is 17.5 Å². The summed E-state index contributed by atoms with van der Waals surface area (Å²) in [4.78, 5) is 23.9. The summed E-state index contributed by atoms with van der Waals surface area (Å²) in [5.74, 6) is 3.93. The zero-order valence-electron chi connectivity index (χ0n) is 17.4. The van der Waals surface area contributed by atoms with E-state index in [1.807, 2.05) is 13.0 Å². The van der Waals surface area contributed by atoms with Crippen LogP contribution in [0.1, 0.15) is 49.9 Å². The fourth-order valence-electron chi connectivity index (χ4n) is 4.39. The molecule has 6 rings (SSSR count). The van der Waals surface area contributed by atoms with Crippen molar-refractivity contribution >= 4 is 11.6 Å². The summed E-state index contributed by atoms with van der Waals surface area (Å²) in [7, 11) is 0. The Kier molecular flexibility index (Phi) is 4.31. The van der Waals surface area contributed by atoms with Gasteiger partial charge in [0, 0.05) is 42.7 Å². The molecule has 3 aromatic rings. The molecule has 9 nitrogen and oxygen atoms in total. The normalized spacial score (nSPS) is 23.3. The van der Waals surface area contributed by atoms with Crippen molar-refractivity contribution in [2.45, 2.75) is 50.4 Å². The van der Waals surface area contributed by atoms with E-state index in [1.165, 1.54) is 0 Å². The molecule has 1 aliphatic carbocycles. The molecule has 1 unspecified atom stereocenters. The van der Waals surface area contributed by atoms with E-state index >= 15 is 0 Å². The van der Waals surface area contributed by atoms with Crippen molar-refractivity contribution in [3.8, 4) is 17.0 Å². The SMILES string of the molecule is CC(Oc1cc(-c2cc(N3C[C@@H]4C[C@H]3CO4)nc(C3CC3)n2)cnc1N)c1ncc[nH]1. The van der Waals surface area contributed by atoms with Crippen LogP contribution in [-0.4, -0.2) is 50.2 Å². The molecule has 3 fully saturated rings. The summed E-state index contributed by atoms with van der Waals surface area (Å²) in [5.41, 5.74) is 7.82. The molecule has 160 valence electrons. The van der Waals surface area contributed by atoms with Crippen molar-refractivity contribution in [1.82, 2.24) is 24.9 Å². The maximum Gasteiger partial charge on any atom is 0.166 e. The number of anilines is 2. The van der Waals surface area contributed by atoms with Crippen molar-refractivity contribution in [2.75, 3.05) is 23.8 Å². The van der Waals surface area contributed by atoms with Crippen molar-refractivity contribution in [1.29, 1.82) is 0 Å². The van der Waals surface area contributed by atoms with Crippen molar-refractivity contribution in [3.05, 3.63) is 42.4 Å². The van der Waals surface area contributed by atoms with Crippen molar-refractivity contribution in [3.63, 3.8) is 0 Å². The smallest absolute Gasteiger partial charge is 0.166 e. The lowest BCUT2D eigenvalue weighted by Crippen LogP contribution is -2.37. The van der Waals surface area contributed by atoms with Gasteiger partial charge in [-0.1, -0.05) is 0 Å². The summed E-state index contributed by atoms with van der Waals surface area (Å²) in [6.45, 7) is 3.58. The molecule has 3 atom stereocenters. The number of aromatic nitrogens is 5. The second-order valence-corrected chi connectivity index (χ2v) is 8.58. The predicted octanol–water partition coefficient (Wildman–Crippen LogP) is 2.84. The molecule has 3 N–H and O–H groups in total. The molecule has 5 heterocycles. The Bertz CT molecular complexity index is 1100. The maximum atomic E-state index is 6.11. The first-order chi connectivity index (χ1) is 15.1. The van der Waals surface area contributed by atoms with Gasteiger partial charge in [-0.3, -0.25) is 0 Å². The highest BCUT2D eigenvalue weighted by Crippen LogP contribution is 2.41. The van der Waals surface area contributed by atoms with Gasteiger partial charge in [0.15, 0.2) is 17.7 Å². The second-order valence-electron chi connectivity index (χ2n) is 8.58. The second kappa shape index (κ2) is 7.19. The minimum absolute atomic E-state index is 0.280. The van der Waals surface area contributed by atoms with Crippen molar-refractivity contribution in [2.24, 2.45) is 0 Å². The van der Waals surface area contributed by atoms with Crippen LogP contribution in [-0.2, 0) is 4.74 Å². The lowest BCUT2D eigenvalue weighted by atomic mass is 10.1. The lowest BCUT2D eigenvalue weighted by molar-refractivity contribution is 0.0989. The number of nitrogens with two attached hydrogens (primary N) is 1. The molecule has 3 aromatic heterocycles. The summed E-state index contributed by atoms with van der Waals surface area (Å²) in [6, 6.07) is 4.36. The predicted molar refractivity (Wildman–Crippen MR) is 115 cm³/mol. The number of imidazole rings is 1. The van der Waals surface area contributed by atoms with E-state index in [0.717, 1.165) is 61.1 Å². The van der Waals surface area contributed by atoms with Gasteiger partial charge >= 0.3 is 0 Å². The Morgan fingerprint density at radius 2 is 2.16 bits per heavy atom. The molecule has 0 aromatic carbocycles. The van der Waals surface area contributed by atoms with Crippen LogP contribution in [0.2, 0.25) is 0 Å². The highest BCUT2D eigenvalue weighted by Gasteiger charge is 2.40. The number of morpholine rings is 1. The number of nitrogen functional groups attached to an aromatic ring is 1. The largest absolute Gasteiger partial charge is 0.479 e. The van der Waals surface area contributed by atoms with Crippen LogP contribution < -0.4 is 15.4 Å². The Hall–Kier alpha value is -3.20. The quantitative estimate of drug-likeness (QED) is 0.627. The number of rotatable bonds is 6. The Morgan fingerprint density at radius 1 is 1.26 bits per heavy atom. The zero-order chi connectivity index (χ0) is 20.9. The first-order valence-corrected chi connectivity index (χ1v) is 10.8. The van der Waals surface area contributed by atoms with Gasteiger partial charge in [0.05, 0.1) is 24.4 Å². The summed E-state index contributed by atoms with van der Waals surface area (Å²) in [6.07, 6.45) is 8.62. The zero-order valence-corrected chi connectivity index (χ0v) is 17.4. The van der Waals surface area contributed by atoms with E-state index in [2.05, 4.69) is 25.9 Å². The summed E-state index contributed by atoms with van der Waals surface area (Å²) >= 11 is 0. The van der Waals surface area contributed by atoms with E-state index in [1.54, 1.807) is 18.6 Å². The molecule has 9 heteroatoms. The van der Waals surface area contributed by atoms with E-state index in [-0.39, 0.29) is 6.10 Å². The molecule has 0 amide bonds. The Balaban J connectivity index is 1.34. The standard InChI is InChI=1S/C22H25N7O2/c1-12(21-24-4-5-25-21)31-18-6-14(9-26-20(18)23)17-8-19(28-22(27-17)13-2-3-13)29-10-16-7-15(29)11-30-16/h4-6,8-9,12-13,15-16H,2-3,7,10-11H2,1H3,(H2,23,26)(H,24,25)/t12?,15-,16-/m0/s1. The molecular weight excluding hydrogens is 394 g/mol. The molecule has 2 saturated heterocycles. The van der Waals surface area contributed by atoms with Gasteiger partial charge in [0.2, 0.25) is 0 Å². The van der Waals surface area contributed by atoms with Crippen LogP contribution in [0.15, 0.2) is 30.7 Å². The van der Waals surface area contributed by atoms with E-state index in [4.69, 9.17) is 25.2 Å². The minimum atomic E-state index is -0.280. The molecule has 0 spiro atoms. The Morgan fingerprint density at radius 3 is 2.87 bits per heavy atom. The third-order valence-electron chi connectivity index (χ3n) is 6.25. The molecular formula is C22H25N7O2. The number of ether oxygens (including phenoxy) is 2. The third-order valence-corrected chi connectivity index (χ3v) is 6.25. The first kappa shape index (κ1) is 18.6. The monoisotopic (exact) mass is 419 g/mol. The van der Waals surface area contributed by atoms with Gasteiger partial charge < -0.3 is 25.1 Å². The van der Waals surface area contributed by atoms with Crippen LogP contribution in [0, 0.1) is 0 Å². The third kappa shape index (κ3) is 3.48. The minimum Gasteiger partial charge on any atom is -0.479 e. The highest BCUT2D eigenvalue weighted by molar-refractivity contribution is 5.67. The van der Waals surface area contributed by atoms with Crippen LogP contribution in [0.3, 0.4) is 0 Å². The topological polar surface area (TPSA) is 115 Å².